The molecule has 0 unspecified atom stereocenters. The summed E-state index contributed by atoms with van der Waals surface area (Å²) in [5.74, 6) is 1.35. The minimum Gasteiger partial charge on any atom is -0.353 e. The Morgan fingerprint density at radius 2 is 1.81 bits per heavy atom. The first kappa shape index (κ1) is 19.1. The molecule has 1 heterocycles. The number of halogens is 1. The minimum atomic E-state index is 0.293. The van der Waals surface area contributed by atoms with Gasteiger partial charge < -0.3 is 10.2 Å². The molecule has 0 atom stereocenters. The maximum absolute atomic E-state index is 6.03. The molecule has 0 aliphatic rings. The van der Waals surface area contributed by atoms with Crippen LogP contribution in [0.25, 0.3) is 0 Å². The van der Waals surface area contributed by atoms with Crippen LogP contribution in [0.5, 0.6) is 0 Å². The van der Waals surface area contributed by atoms with Gasteiger partial charge in [0.15, 0.2) is 5.82 Å². The highest BCUT2D eigenvalue weighted by atomic mass is 35.5. The van der Waals surface area contributed by atoms with Gasteiger partial charge >= 0.3 is 0 Å². The molecule has 0 bridgehead atoms. The van der Waals surface area contributed by atoms with Crippen molar-refractivity contribution in [3.8, 4) is 0 Å². The van der Waals surface area contributed by atoms with Crippen LogP contribution >= 0.6 is 11.6 Å². The van der Waals surface area contributed by atoms with Gasteiger partial charge in [0.1, 0.15) is 0 Å². The third-order valence-electron chi connectivity index (χ3n) is 4.25. The Morgan fingerprint density at radius 3 is 2.56 bits per heavy atom. The Hall–Kier alpha value is -2.66. The van der Waals surface area contributed by atoms with E-state index in [-0.39, 0.29) is 0 Å². The van der Waals surface area contributed by atoms with E-state index in [1.54, 1.807) is 6.20 Å². The first-order valence-corrected chi connectivity index (χ1v) is 9.48. The third kappa shape index (κ3) is 5.66. The molecule has 0 saturated heterocycles. The largest absolute Gasteiger partial charge is 0.353 e. The van der Waals surface area contributed by atoms with Crippen LogP contribution in [0.15, 0.2) is 60.8 Å². The summed E-state index contributed by atoms with van der Waals surface area (Å²) in [5, 5.41) is 12.3. The Morgan fingerprint density at radius 1 is 1.04 bits per heavy atom. The van der Waals surface area contributed by atoms with Crippen molar-refractivity contribution in [2.24, 2.45) is 0 Å². The summed E-state index contributed by atoms with van der Waals surface area (Å²) >= 11 is 6.03. The zero-order valence-electron chi connectivity index (χ0n) is 15.6. The van der Waals surface area contributed by atoms with Crippen molar-refractivity contribution in [3.63, 3.8) is 0 Å². The van der Waals surface area contributed by atoms with Gasteiger partial charge in [0.05, 0.1) is 6.20 Å². The van der Waals surface area contributed by atoms with Gasteiger partial charge in [-0.2, -0.15) is 10.1 Å². The summed E-state index contributed by atoms with van der Waals surface area (Å²) < 4.78 is 0. The molecular formula is C21H24ClN5. The first-order chi connectivity index (χ1) is 13.1. The van der Waals surface area contributed by atoms with Crippen molar-refractivity contribution in [1.82, 2.24) is 15.2 Å². The lowest BCUT2D eigenvalue weighted by molar-refractivity contribution is 0.667. The fraction of sp³-hybridized carbons (Fsp3) is 0.286. The van der Waals surface area contributed by atoms with E-state index >= 15 is 0 Å². The molecule has 3 aromatic rings. The number of nitrogens with zero attached hydrogens (tertiary/aromatic N) is 4. The van der Waals surface area contributed by atoms with Crippen LogP contribution < -0.4 is 10.2 Å². The molecule has 140 valence electrons. The molecule has 0 saturated carbocycles. The molecule has 0 fully saturated rings. The van der Waals surface area contributed by atoms with E-state index in [1.807, 2.05) is 24.3 Å². The maximum Gasteiger partial charge on any atom is 0.244 e. The highest BCUT2D eigenvalue weighted by molar-refractivity contribution is 6.30. The van der Waals surface area contributed by atoms with Crippen molar-refractivity contribution < 1.29 is 0 Å². The Kier molecular flexibility index (Phi) is 6.60. The Labute approximate surface area is 165 Å². The summed E-state index contributed by atoms with van der Waals surface area (Å²) in [4.78, 5) is 6.87. The SMILES string of the molecule is CC(C)N(Cc1ccccc1)c1cnnc(NCCc2cccc(Cl)c2)n1. The molecule has 1 N–H and O–H groups in total. The number of aromatic nitrogens is 3. The van der Waals surface area contributed by atoms with Crippen LogP contribution in [0.1, 0.15) is 25.0 Å². The lowest BCUT2D eigenvalue weighted by atomic mass is 10.1. The lowest BCUT2D eigenvalue weighted by Gasteiger charge is -2.27. The summed E-state index contributed by atoms with van der Waals surface area (Å²) in [7, 11) is 0. The summed E-state index contributed by atoms with van der Waals surface area (Å²) in [6.07, 6.45) is 2.55. The van der Waals surface area contributed by atoms with Crippen LogP contribution in [0, 0.1) is 0 Å². The van der Waals surface area contributed by atoms with E-state index in [0.717, 1.165) is 23.8 Å². The fourth-order valence-corrected chi connectivity index (χ4v) is 3.04. The van der Waals surface area contributed by atoms with E-state index in [2.05, 4.69) is 69.6 Å². The van der Waals surface area contributed by atoms with Crippen molar-refractivity contribution >= 4 is 23.4 Å². The van der Waals surface area contributed by atoms with Crippen molar-refractivity contribution in [2.45, 2.75) is 32.9 Å². The van der Waals surface area contributed by atoms with Gasteiger partial charge in [-0.3, -0.25) is 0 Å². The fourth-order valence-electron chi connectivity index (χ4n) is 2.83. The topological polar surface area (TPSA) is 53.9 Å². The molecule has 3 rings (SSSR count). The van der Waals surface area contributed by atoms with Gasteiger partial charge in [-0.25, -0.2) is 0 Å². The molecule has 0 aliphatic carbocycles. The molecule has 6 heteroatoms. The molecule has 1 aromatic heterocycles. The number of benzene rings is 2. The maximum atomic E-state index is 6.03. The molecule has 0 aliphatic heterocycles. The van der Waals surface area contributed by atoms with Crippen LogP contribution in [0.3, 0.4) is 0 Å². The van der Waals surface area contributed by atoms with Crippen LogP contribution in [0.2, 0.25) is 5.02 Å². The average molecular weight is 382 g/mol. The van der Waals surface area contributed by atoms with Gasteiger partial charge in [0.25, 0.3) is 0 Å². The third-order valence-corrected chi connectivity index (χ3v) is 4.48. The average Bonchev–Trinajstić information content (AvgIpc) is 2.67. The van der Waals surface area contributed by atoms with Crippen LogP contribution in [0.4, 0.5) is 11.8 Å². The predicted octanol–water partition coefficient (Wildman–Crippen LogP) is 4.59. The standard InChI is InChI=1S/C21H24ClN5/c1-16(2)27(15-18-7-4-3-5-8-18)20-14-24-26-21(25-20)23-12-11-17-9-6-10-19(22)13-17/h3-10,13-14,16H,11-12,15H2,1-2H3,(H,23,25,26). The molecule has 0 spiro atoms. The number of nitrogens with one attached hydrogen (secondary N) is 1. The van der Waals surface area contributed by atoms with E-state index in [0.29, 0.717) is 18.5 Å². The summed E-state index contributed by atoms with van der Waals surface area (Å²) in [6.45, 7) is 5.79. The Balaban J connectivity index is 1.65. The minimum absolute atomic E-state index is 0.293. The second-order valence-electron chi connectivity index (χ2n) is 6.65. The second-order valence-corrected chi connectivity index (χ2v) is 7.09. The van der Waals surface area contributed by atoms with E-state index in [9.17, 15) is 0 Å². The molecule has 2 aromatic carbocycles. The van der Waals surface area contributed by atoms with Gasteiger partial charge in [-0.15, -0.1) is 5.10 Å². The quantitative estimate of drug-likeness (QED) is 0.618. The monoisotopic (exact) mass is 381 g/mol. The number of anilines is 2. The number of hydrogen-bond acceptors (Lipinski definition) is 5. The molecular weight excluding hydrogens is 358 g/mol. The normalized spacial score (nSPS) is 10.8. The highest BCUT2D eigenvalue weighted by Gasteiger charge is 2.14. The van der Waals surface area contributed by atoms with Gasteiger partial charge in [0.2, 0.25) is 5.95 Å². The zero-order chi connectivity index (χ0) is 19.1. The summed E-state index contributed by atoms with van der Waals surface area (Å²) in [5.41, 5.74) is 2.41. The Bertz CT molecular complexity index is 854. The molecule has 5 nitrogen and oxygen atoms in total. The van der Waals surface area contributed by atoms with E-state index in [4.69, 9.17) is 11.6 Å². The van der Waals surface area contributed by atoms with E-state index < -0.39 is 0 Å². The molecule has 27 heavy (non-hydrogen) atoms. The van der Waals surface area contributed by atoms with Gasteiger partial charge in [-0.1, -0.05) is 54.1 Å². The molecule has 0 radical (unpaired) electrons. The highest BCUT2D eigenvalue weighted by Crippen LogP contribution is 2.18. The van der Waals surface area contributed by atoms with Crippen molar-refractivity contribution in [1.29, 1.82) is 0 Å². The van der Waals surface area contributed by atoms with Crippen LogP contribution in [-0.4, -0.2) is 27.8 Å². The van der Waals surface area contributed by atoms with Gasteiger partial charge in [0, 0.05) is 24.2 Å². The second kappa shape index (κ2) is 9.33. The zero-order valence-corrected chi connectivity index (χ0v) is 16.4. The van der Waals surface area contributed by atoms with Gasteiger partial charge in [-0.05, 0) is 43.5 Å². The lowest BCUT2D eigenvalue weighted by Crippen LogP contribution is -2.31. The predicted molar refractivity (Wildman–Crippen MR) is 111 cm³/mol. The molecule has 0 amide bonds. The number of rotatable bonds is 8. The van der Waals surface area contributed by atoms with E-state index in [1.165, 1.54) is 11.1 Å². The smallest absolute Gasteiger partial charge is 0.244 e. The number of hydrogen-bond donors (Lipinski definition) is 1. The van der Waals surface area contributed by atoms with Crippen molar-refractivity contribution in [2.75, 3.05) is 16.8 Å². The summed E-state index contributed by atoms with van der Waals surface area (Å²) in [6, 6.07) is 18.5. The first-order valence-electron chi connectivity index (χ1n) is 9.10. The van der Waals surface area contributed by atoms with Crippen molar-refractivity contribution in [3.05, 3.63) is 76.9 Å². The van der Waals surface area contributed by atoms with Crippen LogP contribution in [-0.2, 0) is 13.0 Å².